The van der Waals surface area contributed by atoms with Crippen molar-refractivity contribution in [2.24, 2.45) is 0 Å². The van der Waals surface area contributed by atoms with Crippen LogP contribution in [0, 0.1) is 11.8 Å². The Kier molecular flexibility index (Phi) is 3.45. The van der Waals surface area contributed by atoms with Crippen LogP contribution in [0.1, 0.15) is 22.3 Å². The van der Waals surface area contributed by atoms with Gasteiger partial charge in [0.1, 0.15) is 5.75 Å². The van der Waals surface area contributed by atoms with Crippen LogP contribution in [-0.4, -0.2) is 11.9 Å². The van der Waals surface area contributed by atoms with E-state index in [0.717, 1.165) is 5.56 Å². The smallest absolute Gasteiger partial charge is 0.171 e. The van der Waals surface area contributed by atoms with Gasteiger partial charge in [0.2, 0.25) is 0 Å². The third-order valence-corrected chi connectivity index (χ3v) is 3.27. The number of rotatable bonds is 0. The molecule has 0 fully saturated rings. The Bertz CT molecular complexity index is 711. The lowest BCUT2D eigenvalue weighted by Crippen LogP contribution is -2.25. The van der Waals surface area contributed by atoms with Gasteiger partial charge in [-0.25, -0.2) is 0 Å². The first-order chi connectivity index (χ1) is 9.72. The lowest BCUT2D eigenvalue weighted by atomic mass is 10.0. The fourth-order valence-corrected chi connectivity index (χ4v) is 2.23. The van der Waals surface area contributed by atoms with E-state index in [1.54, 1.807) is 18.2 Å². The molecule has 2 aromatic carbocycles. The van der Waals surface area contributed by atoms with Crippen molar-refractivity contribution < 1.29 is 9.53 Å². The number of ether oxygens (including phenoxy) is 1. The van der Waals surface area contributed by atoms with Gasteiger partial charge < -0.3 is 4.74 Å². The number of hydrogen-bond donors (Lipinski definition) is 0. The van der Waals surface area contributed by atoms with E-state index in [4.69, 9.17) is 16.3 Å². The van der Waals surface area contributed by atoms with E-state index in [1.807, 2.05) is 30.3 Å². The zero-order chi connectivity index (χ0) is 13.9. The second-order valence-corrected chi connectivity index (χ2v) is 4.95. The fourth-order valence-electron chi connectivity index (χ4n) is 2.06. The Balaban J connectivity index is 1.84. The summed E-state index contributed by atoms with van der Waals surface area (Å²) in [6.07, 6.45) is -0.149. The van der Waals surface area contributed by atoms with Crippen molar-refractivity contribution in [2.75, 3.05) is 0 Å². The molecule has 0 saturated carbocycles. The predicted octanol–water partition coefficient (Wildman–Crippen LogP) is 3.73. The van der Waals surface area contributed by atoms with Crippen LogP contribution < -0.4 is 4.74 Å². The average Bonchev–Trinajstić information content (AvgIpc) is 2.47. The van der Waals surface area contributed by atoms with Crippen LogP contribution in [0.15, 0.2) is 48.5 Å². The minimum atomic E-state index is -0.406. The Labute approximate surface area is 122 Å². The largest absolute Gasteiger partial charge is 0.477 e. The van der Waals surface area contributed by atoms with E-state index < -0.39 is 6.10 Å². The molecule has 2 aromatic rings. The Morgan fingerprint density at radius 2 is 1.95 bits per heavy atom. The van der Waals surface area contributed by atoms with E-state index in [2.05, 4.69) is 11.8 Å². The first-order valence-corrected chi connectivity index (χ1v) is 6.66. The highest BCUT2D eigenvalue weighted by molar-refractivity contribution is 6.31. The molecule has 0 amide bonds. The topological polar surface area (TPSA) is 26.3 Å². The van der Waals surface area contributed by atoms with Crippen LogP contribution in [0.25, 0.3) is 0 Å². The molecule has 98 valence electrons. The van der Waals surface area contributed by atoms with E-state index in [9.17, 15) is 4.79 Å². The number of hydrogen-bond acceptors (Lipinski definition) is 2. The Morgan fingerprint density at radius 1 is 1.15 bits per heavy atom. The van der Waals surface area contributed by atoms with Gasteiger partial charge in [-0.1, -0.05) is 41.6 Å². The number of halogens is 1. The second-order valence-electron chi connectivity index (χ2n) is 4.51. The van der Waals surface area contributed by atoms with Gasteiger partial charge in [0.05, 0.1) is 12.0 Å². The van der Waals surface area contributed by atoms with Gasteiger partial charge in [0, 0.05) is 10.6 Å². The summed E-state index contributed by atoms with van der Waals surface area (Å²) in [4.78, 5) is 12.1. The molecule has 1 atom stereocenters. The third-order valence-electron chi connectivity index (χ3n) is 3.03. The molecule has 2 nitrogen and oxygen atoms in total. The predicted molar refractivity (Wildman–Crippen MR) is 78.1 cm³/mol. The summed E-state index contributed by atoms with van der Waals surface area (Å²) in [5.41, 5.74) is 1.45. The zero-order valence-electron chi connectivity index (χ0n) is 10.6. The number of Topliss-reactive ketones (excluding diaryl/α,β-unsaturated/α-hetero) is 1. The highest BCUT2D eigenvalue weighted by Crippen LogP contribution is 2.29. The standard InChI is InChI=1S/C17H11ClO2/c18-13-7-9-17-15(10-13)16(19)11-14(20-17)8-6-12-4-2-1-3-5-12/h1-5,7,9-10,14H,11H2/t14-/m0/s1. The highest BCUT2D eigenvalue weighted by Gasteiger charge is 2.25. The summed E-state index contributed by atoms with van der Waals surface area (Å²) in [6, 6.07) is 14.7. The van der Waals surface area contributed by atoms with E-state index in [0.29, 0.717) is 16.3 Å². The van der Waals surface area contributed by atoms with Gasteiger partial charge >= 0.3 is 0 Å². The quantitative estimate of drug-likeness (QED) is 0.688. The molecule has 20 heavy (non-hydrogen) atoms. The number of carbonyl (C=O) groups is 1. The maximum absolute atomic E-state index is 12.1. The molecule has 1 aliphatic heterocycles. The molecule has 1 heterocycles. The normalized spacial score (nSPS) is 16.6. The average molecular weight is 283 g/mol. The number of ketones is 1. The first kappa shape index (κ1) is 12.8. The molecule has 0 spiro atoms. The molecule has 0 radical (unpaired) electrons. The maximum atomic E-state index is 12.1. The monoisotopic (exact) mass is 282 g/mol. The van der Waals surface area contributed by atoms with Crippen molar-refractivity contribution in [2.45, 2.75) is 12.5 Å². The molecule has 0 bridgehead atoms. The molecule has 3 heteroatoms. The summed E-state index contributed by atoms with van der Waals surface area (Å²) < 4.78 is 5.73. The Morgan fingerprint density at radius 3 is 2.75 bits per heavy atom. The first-order valence-electron chi connectivity index (χ1n) is 6.28. The molecule has 0 aromatic heterocycles. The number of fused-ring (bicyclic) bond motifs is 1. The molecule has 0 N–H and O–H groups in total. The maximum Gasteiger partial charge on any atom is 0.171 e. The third kappa shape index (κ3) is 2.68. The highest BCUT2D eigenvalue weighted by atomic mass is 35.5. The van der Waals surface area contributed by atoms with Crippen LogP contribution in [0.3, 0.4) is 0 Å². The van der Waals surface area contributed by atoms with E-state index in [1.165, 1.54) is 0 Å². The van der Waals surface area contributed by atoms with Gasteiger partial charge in [0.15, 0.2) is 11.9 Å². The summed E-state index contributed by atoms with van der Waals surface area (Å²) >= 11 is 5.88. The van der Waals surface area contributed by atoms with E-state index >= 15 is 0 Å². The summed E-state index contributed by atoms with van der Waals surface area (Å²) in [5, 5.41) is 0.537. The van der Waals surface area contributed by atoms with Crippen LogP contribution in [0.5, 0.6) is 5.75 Å². The summed E-state index contributed by atoms with van der Waals surface area (Å²) in [7, 11) is 0. The lowest BCUT2D eigenvalue weighted by Gasteiger charge is -2.21. The molecular formula is C17H11ClO2. The van der Waals surface area contributed by atoms with Gasteiger partial charge in [-0.2, -0.15) is 0 Å². The summed E-state index contributed by atoms with van der Waals surface area (Å²) in [5.74, 6) is 6.59. The molecule has 0 aliphatic carbocycles. The van der Waals surface area contributed by atoms with Gasteiger partial charge in [-0.05, 0) is 30.3 Å². The molecule has 3 rings (SSSR count). The van der Waals surface area contributed by atoms with Crippen LogP contribution in [0.4, 0.5) is 0 Å². The molecular weight excluding hydrogens is 272 g/mol. The summed E-state index contributed by atoms with van der Waals surface area (Å²) in [6.45, 7) is 0. The minimum absolute atomic E-state index is 0.0149. The van der Waals surface area contributed by atoms with Crippen LogP contribution >= 0.6 is 11.6 Å². The molecule has 1 aliphatic rings. The van der Waals surface area contributed by atoms with Crippen LogP contribution in [-0.2, 0) is 0 Å². The molecule has 0 unspecified atom stereocenters. The van der Waals surface area contributed by atoms with Gasteiger partial charge in [0.25, 0.3) is 0 Å². The van der Waals surface area contributed by atoms with Crippen molar-refractivity contribution in [1.29, 1.82) is 0 Å². The molecule has 0 saturated heterocycles. The van der Waals surface area contributed by atoms with Crippen molar-refractivity contribution in [1.82, 2.24) is 0 Å². The van der Waals surface area contributed by atoms with Gasteiger partial charge in [-0.3, -0.25) is 4.79 Å². The van der Waals surface area contributed by atoms with Crippen molar-refractivity contribution in [3.05, 3.63) is 64.7 Å². The number of carbonyl (C=O) groups excluding carboxylic acids is 1. The zero-order valence-corrected chi connectivity index (χ0v) is 11.4. The van der Waals surface area contributed by atoms with E-state index in [-0.39, 0.29) is 12.2 Å². The van der Waals surface area contributed by atoms with Crippen molar-refractivity contribution >= 4 is 17.4 Å². The Hall–Kier alpha value is -2.24. The lowest BCUT2D eigenvalue weighted by molar-refractivity contribution is 0.0900. The van der Waals surface area contributed by atoms with Crippen LogP contribution in [0.2, 0.25) is 5.02 Å². The SMILES string of the molecule is O=C1C[C@H](C#Cc2ccccc2)Oc2ccc(Cl)cc21. The van der Waals surface area contributed by atoms with Crippen molar-refractivity contribution in [3.63, 3.8) is 0 Å². The second kappa shape index (κ2) is 5.40. The van der Waals surface area contributed by atoms with Crippen molar-refractivity contribution in [3.8, 4) is 17.6 Å². The fraction of sp³-hybridized carbons (Fsp3) is 0.118. The number of benzene rings is 2. The van der Waals surface area contributed by atoms with Gasteiger partial charge in [-0.15, -0.1) is 0 Å². The minimum Gasteiger partial charge on any atom is -0.477 e.